The normalized spacial score (nSPS) is 34.2. The van der Waals surface area contributed by atoms with Gasteiger partial charge in [0.15, 0.2) is 0 Å². The lowest BCUT2D eigenvalue weighted by atomic mass is 9.91. The van der Waals surface area contributed by atoms with Crippen LogP contribution in [0.1, 0.15) is 18.5 Å². The van der Waals surface area contributed by atoms with E-state index in [1.54, 1.807) is 0 Å². The number of hydrogen-bond acceptors (Lipinski definition) is 5. The minimum Gasteiger partial charge on any atom is -0.395 e. The molecule has 1 aliphatic rings. The molecule has 1 fully saturated rings. The maximum atomic E-state index is 9.96. The summed E-state index contributed by atoms with van der Waals surface area (Å²) in [7, 11) is 0. The van der Waals surface area contributed by atoms with E-state index in [0.717, 1.165) is 5.56 Å². The molecular weight excluding hydrogens is 246 g/mol. The summed E-state index contributed by atoms with van der Waals surface area (Å²) in [5.74, 6) is 0. The second-order valence-electron chi connectivity index (χ2n) is 5.08. The van der Waals surface area contributed by atoms with E-state index in [-0.39, 0.29) is 19.2 Å². The second-order valence-corrected chi connectivity index (χ2v) is 5.08. The fourth-order valence-electron chi connectivity index (χ4n) is 2.69. The minimum absolute atomic E-state index is 0.0600. The van der Waals surface area contributed by atoms with Gasteiger partial charge in [-0.3, -0.25) is 4.90 Å². The SMILES string of the molecule is C[C@@H](c1ccccc1)N1C[C@H](O)[C@@H](O)[C@H](O)[C@H]1CO. The first-order chi connectivity index (χ1) is 9.06. The third-order valence-corrected chi connectivity index (χ3v) is 3.93. The number of benzene rings is 1. The second kappa shape index (κ2) is 5.98. The third-order valence-electron chi connectivity index (χ3n) is 3.93. The van der Waals surface area contributed by atoms with Crippen LogP contribution in [-0.4, -0.2) is 62.8 Å². The number of likely N-dealkylation sites (tertiary alicyclic amines) is 1. The van der Waals surface area contributed by atoms with E-state index in [0.29, 0.717) is 0 Å². The van der Waals surface area contributed by atoms with Gasteiger partial charge >= 0.3 is 0 Å². The van der Waals surface area contributed by atoms with E-state index in [2.05, 4.69) is 0 Å². The highest BCUT2D eigenvalue weighted by molar-refractivity contribution is 5.19. The van der Waals surface area contributed by atoms with E-state index in [1.165, 1.54) is 0 Å². The maximum Gasteiger partial charge on any atom is 0.109 e. The third kappa shape index (κ3) is 2.80. The van der Waals surface area contributed by atoms with Crippen molar-refractivity contribution < 1.29 is 20.4 Å². The first-order valence-corrected chi connectivity index (χ1v) is 6.52. The predicted molar refractivity (Wildman–Crippen MR) is 70.5 cm³/mol. The standard InChI is InChI=1S/C14H21NO4/c1-9(10-5-3-2-4-6-10)15-7-12(17)14(19)13(18)11(15)8-16/h2-6,9,11-14,16-19H,7-8H2,1H3/t9-,11+,12-,13+,14+/m0/s1. The van der Waals surface area contributed by atoms with Crippen molar-refractivity contribution in [2.24, 2.45) is 0 Å². The van der Waals surface area contributed by atoms with Gasteiger partial charge in [0.25, 0.3) is 0 Å². The summed E-state index contributed by atoms with van der Waals surface area (Å²) in [6, 6.07) is 9.05. The number of hydrogen-bond donors (Lipinski definition) is 4. The Labute approximate surface area is 112 Å². The van der Waals surface area contributed by atoms with Crippen molar-refractivity contribution in [2.75, 3.05) is 13.2 Å². The summed E-state index contributed by atoms with van der Waals surface area (Å²) in [4.78, 5) is 1.83. The smallest absolute Gasteiger partial charge is 0.109 e. The van der Waals surface area contributed by atoms with Crippen molar-refractivity contribution in [1.29, 1.82) is 0 Å². The zero-order valence-electron chi connectivity index (χ0n) is 10.9. The van der Waals surface area contributed by atoms with Gasteiger partial charge in [-0.15, -0.1) is 0 Å². The Bertz CT molecular complexity index is 400. The van der Waals surface area contributed by atoms with Gasteiger partial charge in [0.05, 0.1) is 18.8 Å². The lowest BCUT2D eigenvalue weighted by Gasteiger charge is -2.46. The van der Waals surface area contributed by atoms with Gasteiger partial charge < -0.3 is 20.4 Å². The summed E-state index contributed by atoms with van der Waals surface area (Å²) in [6.45, 7) is 1.91. The molecule has 0 aliphatic carbocycles. The highest BCUT2D eigenvalue weighted by atomic mass is 16.4. The summed E-state index contributed by atoms with van der Waals surface area (Å²) in [6.07, 6.45) is -3.37. The molecule has 0 unspecified atom stereocenters. The summed E-state index contributed by atoms with van der Waals surface area (Å²) in [5, 5.41) is 38.9. The number of aliphatic hydroxyl groups is 4. The molecule has 4 N–H and O–H groups in total. The number of aliphatic hydroxyl groups excluding tert-OH is 4. The van der Waals surface area contributed by atoms with Gasteiger partial charge in [-0.25, -0.2) is 0 Å². The van der Waals surface area contributed by atoms with Crippen LogP contribution in [0.3, 0.4) is 0 Å². The lowest BCUT2D eigenvalue weighted by Crippen LogP contribution is -2.62. The van der Waals surface area contributed by atoms with Crippen LogP contribution < -0.4 is 0 Å². The summed E-state index contributed by atoms with van der Waals surface area (Å²) < 4.78 is 0. The van der Waals surface area contributed by atoms with Gasteiger partial charge in [-0.05, 0) is 12.5 Å². The Morgan fingerprint density at radius 3 is 2.37 bits per heavy atom. The van der Waals surface area contributed by atoms with Crippen LogP contribution in [0.4, 0.5) is 0 Å². The molecule has 1 aromatic rings. The van der Waals surface area contributed by atoms with Gasteiger partial charge in [0.2, 0.25) is 0 Å². The Morgan fingerprint density at radius 1 is 1.16 bits per heavy atom. The van der Waals surface area contributed by atoms with Crippen molar-refractivity contribution in [3.05, 3.63) is 35.9 Å². The molecule has 0 saturated carbocycles. The molecule has 19 heavy (non-hydrogen) atoms. The molecule has 5 nitrogen and oxygen atoms in total. The molecule has 106 valence electrons. The highest BCUT2D eigenvalue weighted by Crippen LogP contribution is 2.28. The number of β-amino-alcohol motifs (C(OH)–C–C–N with tert-alkyl or cyclic N) is 1. The first-order valence-electron chi connectivity index (χ1n) is 6.52. The molecule has 5 heteroatoms. The molecule has 0 spiro atoms. The van der Waals surface area contributed by atoms with Gasteiger partial charge in [0.1, 0.15) is 12.2 Å². The quantitative estimate of drug-likeness (QED) is 0.594. The molecule has 2 rings (SSSR count). The molecule has 1 heterocycles. The Balaban J connectivity index is 2.22. The van der Waals surface area contributed by atoms with Gasteiger partial charge in [-0.1, -0.05) is 30.3 Å². The molecule has 1 saturated heterocycles. The molecule has 0 aromatic heterocycles. The van der Waals surface area contributed by atoms with E-state index < -0.39 is 24.4 Å². The lowest BCUT2D eigenvalue weighted by molar-refractivity contribution is -0.153. The monoisotopic (exact) mass is 267 g/mol. The summed E-state index contributed by atoms with van der Waals surface area (Å²) >= 11 is 0. The molecule has 1 aromatic carbocycles. The fraction of sp³-hybridized carbons (Fsp3) is 0.571. The van der Waals surface area contributed by atoms with Crippen molar-refractivity contribution in [2.45, 2.75) is 37.3 Å². The van der Waals surface area contributed by atoms with Crippen LogP contribution in [0.2, 0.25) is 0 Å². The van der Waals surface area contributed by atoms with E-state index in [4.69, 9.17) is 0 Å². The largest absolute Gasteiger partial charge is 0.395 e. The Kier molecular flexibility index (Phi) is 4.54. The van der Waals surface area contributed by atoms with Crippen LogP contribution in [-0.2, 0) is 0 Å². The average molecular weight is 267 g/mol. The van der Waals surface area contributed by atoms with Gasteiger partial charge in [-0.2, -0.15) is 0 Å². The van der Waals surface area contributed by atoms with Crippen LogP contribution >= 0.6 is 0 Å². The fourth-order valence-corrected chi connectivity index (χ4v) is 2.69. The molecule has 0 bridgehead atoms. The Hall–Kier alpha value is -0.980. The number of piperidine rings is 1. The molecule has 0 radical (unpaired) electrons. The van der Waals surface area contributed by atoms with Crippen LogP contribution in [0.25, 0.3) is 0 Å². The van der Waals surface area contributed by atoms with E-state index in [1.807, 2.05) is 42.2 Å². The minimum atomic E-state index is -1.21. The number of rotatable bonds is 3. The molecule has 1 aliphatic heterocycles. The summed E-state index contributed by atoms with van der Waals surface area (Å²) in [5.41, 5.74) is 1.04. The van der Waals surface area contributed by atoms with Crippen molar-refractivity contribution >= 4 is 0 Å². The van der Waals surface area contributed by atoms with Crippen LogP contribution in [0, 0.1) is 0 Å². The molecule has 5 atom stereocenters. The van der Waals surface area contributed by atoms with E-state index >= 15 is 0 Å². The van der Waals surface area contributed by atoms with Crippen molar-refractivity contribution in [3.8, 4) is 0 Å². The average Bonchev–Trinajstić information content (AvgIpc) is 2.44. The Morgan fingerprint density at radius 2 is 1.79 bits per heavy atom. The highest BCUT2D eigenvalue weighted by Gasteiger charge is 2.42. The zero-order chi connectivity index (χ0) is 14.0. The van der Waals surface area contributed by atoms with Crippen LogP contribution in [0.5, 0.6) is 0 Å². The molecule has 0 amide bonds. The van der Waals surface area contributed by atoms with Crippen LogP contribution in [0.15, 0.2) is 30.3 Å². The first kappa shape index (κ1) is 14.4. The zero-order valence-corrected chi connectivity index (χ0v) is 10.9. The van der Waals surface area contributed by atoms with E-state index in [9.17, 15) is 20.4 Å². The number of nitrogens with zero attached hydrogens (tertiary/aromatic N) is 1. The topological polar surface area (TPSA) is 84.2 Å². The van der Waals surface area contributed by atoms with Crippen molar-refractivity contribution in [1.82, 2.24) is 4.90 Å². The maximum absolute atomic E-state index is 9.96. The predicted octanol–water partition coefficient (Wildman–Crippen LogP) is -0.493. The van der Waals surface area contributed by atoms with Crippen molar-refractivity contribution in [3.63, 3.8) is 0 Å². The van der Waals surface area contributed by atoms with Gasteiger partial charge in [0, 0.05) is 12.6 Å². The molecular formula is C14H21NO4.